The van der Waals surface area contributed by atoms with Crippen LogP contribution >= 0.6 is 0 Å². The highest BCUT2D eigenvalue weighted by Crippen LogP contribution is 2.28. The molecule has 112 valence electrons. The van der Waals surface area contributed by atoms with Gasteiger partial charge in [-0.3, -0.25) is 4.90 Å². The van der Waals surface area contributed by atoms with Crippen LogP contribution in [0.5, 0.6) is 5.75 Å². The van der Waals surface area contributed by atoms with E-state index in [0.29, 0.717) is 6.54 Å². The van der Waals surface area contributed by atoms with E-state index in [1.165, 1.54) is 6.07 Å². The standard InChI is InChI=1S/C15H21F2NO2/c1-15(2,19)13-7-4-8-18(13)10-11-5-3-6-12(9-11)20-14(16)17/h3,5-6,9,13-14,19H,4,7-8,10H2,1-2H3. The average Bonchev–Trinajstić information content (AvgIpc) is 2.76. The zero-order valence-corrected chi connectivity index (χ0v) is 11.9. The largest absolute Gasteiger partial charge is 0.435 e. The molecular weight excluding hydrogens is 264 g/mol. The van der Waals surface area contributed by atoms with Gasteiger partial charge >= 0.3 is 6.61 Å². The van der Waals surface area contributed by atoms with Crippen molar-refractivity contribution in [1.82, 2.24) is 4.90 Å². The quantitative estimate of drug-likeness (QED) is 0.902. The fourth-order valence-corrected chi connectivity index (χ4v) is 2.87. The molecule has 5 heteroatoms. The van der Waals surface area contributed by atoms with Gasteiger partial charge in [-0.2, -0.15) is 8.78 Å². The predicted octanol–water partition coefficient (Wildman–Crippen LogP) is 3.02. The van der Waals surface area contributed by atoms with E-state index in [1.807, 2.05) is 19.9 Å². The van der Waals surface area contributed by atoms with Crippen LogP contribution in [0.3, 0.4) is 0 Å². The molecule has 0 aliphatic carbocycles. The number of nitrogens with zero attached hydrogens (tertiary/aromatic N) is 1. The molecule has 0 amide bonds. The Morgan fingerprint density at radius 3 is 2.85 bits per heavy atom. The van der Waals surface area contributed by atoms with Crippen molar-refractivity contribution >= 4 is 0 Å². The van der Waals surface area contributed by atoms with E-state index in [9.17, 15) is 13.9 Å². The van der Waals surface area contributed by atoms with E-state index in [1.54, 1.807) is 12.1 Å². The van der Waals surface area contributed by atoms with Gasteiger partial charge in [0.2, 0.25) is 0 Å². The van der Waals surface area contributed by atoms with Crippen LogP contribution in [-0.4, -0.2) is 34.8 Å². The van der Waals surface area contributed by atoms with Gasteiger partial charge in [-0.15, -0.1) is 0 Å². The smallest absolute Gasteiger partial charge is 0.387 e. The third-order valence-corrected chi connectivity index (χ3v) is 3.69. The van der Waals surface area contributed by atoms with Crippen molar-refractivity contribution in [2.24, 2.45) is 0 Å². The molecule has 1 atom stereocenters. The third-order valence-electron chi connectivity index (χ3n) is 3.69. The van der Waals surface area contributed by atoms with Crippen LogP contribution in [0, 0.1) is 0 Å². The highest BCUT2D eigenvalue weighted by molar-refractivity contribution is 5.28. The van der Waals surface area contributed by atoms with Gasteiger partial charge in [0, 0.05) is 12.6 Å². The molecular formula is C15H21F2NO2. The number of ether oxygens (including phenoxy) is 1. The zero-order chi connectivity index (χ0) is 14.8. The minimum atomic E-state index is -2.80. The summed E-state index contributed by atoms with van der Waals surface area (Å²) in [6.45, 7) is 2.36. The number of halogens is 2. The molecule has 1 saturated heterocycles. The van der Waals surface area contributed by atoms with Gasteiger partial charge < -0.3 is 9.84 Å². The Bertz CT molecular complexity index is 446. The van der Waals surface area contributed by atoms with E-state index >= 15 is 0 Å². The Labute approximate surface area is 118 Å². The minimum absolute atomic E-state index is 0.0992. The molecule has 0 aromatic heterocycles. The summed E-state index contributed by atoms with van der Waals surface area (Å²) in [6.07, 6.45) is 2.00. The molecule has 2 rings (SSSR count). The second-order valence-electron chi connectivity index (χ2n) is 5.81. The molecule has 1 unspecified atom stereocenters. The lowest BCUT2D eigenvalue weighted by Crippen LogP contribution is -2.45. The summed E-state index contributed by atoms with van der Waals surface area (Å²) in [5, 5.41) is 10.2. The lowest BCUT2D eigenvalue weighted by molar-refractivity contribution is -0.0499. The summed E-state index contributed by atoms with van der Waals surface area (Å²) in [7, 11) is 0. The van der Waals surface area contributed by atoms with Gasteiger partial charge in [0.05, 0.1) is 5.60 Å². The van der Waals surface area contributed by atoms with Crippen LogP contribution < -0.4 is 4.74 Å². The first kappa shape index (κ1) is 15.2. The normalized spacial score (nSPS) is 20.6. The Morgan fingerprint density at radius 1 is 1.45 bits per heavy atom. The number of hydrogen-bond acceptors (Lipinski definition) is 3. The topological polar surface area (TPSA) is 32.7 Å². The lowest BCUT2D eigenvalue weighted by atomic mass is 9.96. The van der Waals surface area contributed by atoms with Crippen molar-refractivity contribution in [2.75, 3.05) is 6.54 Å². The average molecular weight is 285 g/mol. The van der Waals surface area contributed by atoms with Gasteiger partial charge in [-0.25, -0.2) is 0 Å². The Hall–Kier alpha value is -1.20. The van der Waals surface area contributed by atoms with Gasteiger partial charge in [-0.1, -0.05) is 12.1 Å². The van der Waals surface area contributed by atoms with E-state index < -0.39 is 12.2 Å². The van der Waals surface area contributed by atoms with Crippen LogP contribution in [0.15, 0.2) is 24.3 Å². The zero-order valence-electron chi connectivity index (χ0n) is 11.9. The van der Waals surface area contributed by atoms with Crippen LogP contribution in [0.1, 0.15) is 32.3 Å². The Morgan fingerprint density at radius 2 is 2.20 bits per heavy atom. The summed E-state index contributed by atoms with van der Waals surface area (Å²) >= 11 is 0. The number of likely N-dealkylation sites (tertiary alicyclic amines) is 1. The molecule has 1 aromatic carbocycles. The maximum atomic E-state index is 12.2. The van der Waals surface area contributed by atoms with Crippen molar-refractivity contribution in [1.29, 1.82) is 0 Å². The van der Waals surface area contributed by atoms with Gasteiger partial charge in [0.15, 0.2) is 0 Å². The number of alkyl halides is 2. The van der Waals surface area contributed by atoms with Crippen LogP contribution in [0.2, 0.25) is 0 Å². The van der Waals surface area contributed by atoms with Crippen molar-refractivity contribution in [3.8, 4) is 5.75 Å². The van der Waals surface area contributed by atoms with Gasteiger partial charge in [0.1, 0.15) is 5.75 Å². The van der Waals surface area contributed by atoms with E-state index in [0.717, 1.165) is 24.9 Å². The summed E-state index contributed by atoms with van der Waals surface area (Å²) in [5.74, 6) is 0.177. The number of hydrogen-bond donors (Lipinski definition) is 1. The molecule has 3 nitrogen and oxygen atoms in total. The van der Waals surface area contributed by atoms with Crippen LogP contribution in [0.25, 0.3) is 0 Å². The summed E-state index contributed by atoms with van der Waals surface area (Å²) in [6, 6.07) is 6.85. The van der Waals surface area contributed by atoms with Gasteiger partial charge in [-0.05, 0) is 50.9 Å². The molecule has 1 heterocycles. The van der Waals surface area contributed by atoms with Crippen molar-refractivity contribution in [3.63, 3.8) is 0 Å². The summed E-state index contributed by atoms with van der Waals surface area (Å²) in [5.41, 5.74) is 0.160. The van der Waals surface area contributed by atoms with Crippen LogP contribution in [-0.2, 0) is 6.54 Å². The van der Waals surface area contributed by atoms with E-state index in [2.05, 4.69) is 9.64 Å². The first-order valence-corrected chi connectivity index (χ1v) is 6.86. The number of benzene rings is 1. The minimum Gasteiger partial charge on any atom is -0.435 e. The first-order chi connectivity index (χ1) is 9.36. The van der Waals surface area contributed by atoms with Crippen molar-refractivity contribution in [2.45, 2.75) is 51.5 Å². The molecule has 0 saturated carbocycles. The number of rotatable bonds is 5. The molecule has 0 radical (unpaired) electrons. The van der Waals surface area contributed by atoms with Gasteiger partial charge in [0.25, 0.3) is 0 Å². The second-order valence-corrected chi connectivity index (χ2v) is 5.81. The molecule has 1 aliphatic heterocycles. The second kappa shape index (κ2) is 6.06. The summed E-state index contributed by atoms with van der Waals surface area (Å²) in [4.78, 5) is 2.20. The Kier molecular flexibility index (Phi) is 4.60. The fraction of sp³-hybridized carbons (Fsp3) is 0.600. The number of aliphatic hydroxyl groups is 1. The van der Waals surface area contributed by atoms with Crippen molar-refractivity contribution < 1.29 is 18.6 Å². The van der Waals surface area contributed by atoms with Crippen LogP contribution in [0.4, 0.5) is 8.78 Å². The maximum absolute atomic E-state index is 12.2. The van der Waals surface area contributed by atoms with E-state index in [-0.39, 0.29) is 11.8 Å². The molecule has 0 spiro atoms. The molecule has 20 heavy (non-hydrogen) atoms. The molecule has 1 fully saturated rings. The Balaban J connectivity index is 2.06. The summed E-state index contributed by atoms with van der Waals surface area (Å²) < 4.78 is 28.8. The molecule has 1 aromatic rings. The first-order valence-electron chi connectivity index (χ1n) is 6.86. The SMILES string of the molecule is CC(C)(O)C1CCCN1Cc1cccc(OC(F)F)c1. The fourth-order valence-electron chi connectivity index (χ4n) is 2.87. The lowest BCUT2D eigenvalue weighted by Gasteiger charge is -2.33. The maximum Gasteiger partial charge on any atom is 0.387 e. The highest BCUT2D eigenvalue weighted by Gasteiger charge is 2.35. The monoisotopic (exact) mass is 285 g/mol. The third kappa shape index (κ3) is 3.90. The molecule has 1 N–H and O–H groups in total. The molecule has 0 bridgehead atoms. The highest BCUT2D eigenvalue weighted by atomic mass is 19.3. The van der Waals surface area contributed by atoms with Crippen molar-refractivity contribution in [3.05, 3.63) is 29.8 Å². The van der Waals surface area contributed by atoms with E-state index in [4.69, 9.17) is 0 Å². The predicted molar refractivity (Wildman–Crippen MR) is 72.8 cm³/mol. The molecule has 1 aliphatic rings.